The Labute approximate surface area is 73.2 Å². The smallest absolute Gasteiger partial charge is 0.0832 e. The zero-order valence-electron chi connectivity index (χ0n) is 7.70. The molecule has 0 aliphatic carbocycles. The summed E-state index contributed by atoms with van der Waals surface area (Å²) in [5.74, 6) is 0. The van der Waals surface area contributed by atoms with E-state index in [0.717, 1.165) is 18.8 Å². The Bertz CT molecular complexity index is 230. The van der Waals surface area contributed by atoms with E-state index in [2.05, 4.69) is 9.47 Å². The van der Waals surface area contributed by atoms with Crippen LogP contribution in [0, 0.1) is 0 Å². The lowest BCUT2D eigenvalue weighted by Gasteiger charge is -2.11. The van der Waals surface area contributed by atoms with Gasteiger partial charge < -0.3 is 14.6 Å². The molecule has 12 heavy (non-hydrogen) atoms. The zero-order chi connectivity index (χ0) is 8.97. The molecule has 0 radical (unpaired) electrons. The topological polar surface area (TPSA) is 28.4 Å². The first kappa shape index (κ1) is 9.29. The van der Waals surface area contributed by atoms with E-state index in [1.165, 1.54) is 0 Å². The number of aromatic nitrogens is 1. The van der Waals surface area contributed by atoms with Gasteiger partial charge in [0, 0.05) is 25.0 Å². The molecule has 0 unspecified atom stereocenters. The van der Waals surface area contributed by atoms with Gasteiger partial charge in [0.2, 0.25) is 0 Å². The highest BCUT2D eigenvalue weighted by molar-refractivity contribution is 5.05. The van der Waals surface area contributed by atoms with Crippen molar-refractivity contribution in [1.29, 1.82) is 0 Å². The third kappa shape index (κ3) is 2.36. The summed E-state index contributed by atoms with van der Waals surface area (Å²) in [4.78, 5) is 2.13. The van der Waals surface area contributed by atoms with Crippen molar-refractivity contribution in [2.45, 2.75) is 13.2 Å². The average Bonchev–Trinajstić information content (AvgIpc) is 2.47. The van der Waals surface area contributed by atoms with E-state index in [9.17, 15) is 0 Å². The second kappa shape index (κ2) is 4.28. The number of likely N-dealkylation sites (N-methyl/N-ethyl adjacent to an activating group) is 1. The van der Waals surface area contributed by atoms with E-state index in [1.807, 2.05) is 32.4 Å². The highest BCUT2D eigenvalue weighted by Crippen LogP contribution is 2.01. The standard InChI is InChI=1S/C9H16N2O/c1-10(2)6-7-11-5-3-4-9(11)8-12/h3-5,12H,6-8H2,1-2H3. The van der Waals surface area contributed by atoms with Crippen LogP contribution in [0.5, 0.6) is 0 Å². The lowest BCUT2D eigenvalue weighted by molar-refractivity contribution is 0.267. The van der Waals surface area contributed by atoms with Gasteiger partial charge in [0.05, 0.1) is 6.61 Å². The quantitative estimate of drug-likeness (QED) is 0.711. The first-order chi connectivity index (χ1) is 5.74. The Hall–Kier alpha value is -0.800. The number of aliphatic hydroxyl groups excluding tert-OH is 1. The van der Waals surface area contributed by atoms with Crippen LogP contribution in [0.15, 0.2) is 18.3 Å². The van der Waals surface area contributed by atoms with Crippen LogP contribution in [0.1, 0.15) is 5.69 Å². The van der Waals surface area contributed by atoms with E-state index in [0.29, 0.717) is 0 Å². The number of nitrogens with zero attached hydrogens (tertiary/aromatic N) is 2. The Kier molecular flexibility index (Phi) is 3.31. The molecule has 1 aromatic rings. The molecule has 3 heteroatoms. The fourth-order valence-corrected chi connectivity index (χ4v) is 1.12. The Balaban J connectivity index is 2.50. The molecule has 0 fully saturated rings. The first-order valence-corrected chi connectivity index (χ1v) is 4.13. The zero-order valence-corrected chi connectivity index (χ0v) is 7.70. The van der Waals surface area contributed by atoms with Crippen molar-refractivity contribution in [1.82, 2.24) is 9.47 Å². The summed E-state index contributed by atoms with van der Waals surface area (Å²) < 4.78 is 2.07. The normalized spacial score (nSPS) is 11.0. The van der Waals surface area contributed by atoms with E-state index in [1.54, 1.807) is 0 Å². The van der Waals surface area contributed by atoms with Gasteiger partial charge in [0.25, 0.3) is 0 Å². The summed E-state index contributed by atoms with van der Waals surface area (Å²) in [5, 5.41) is 8.94. The van der Waals surface area contributed by atoms with Crippen molar-refractivity contribution < 1.29 is 5.11 Å². The second-order valence-corrected chi connectivity index (χ2v) is 3.15. The molecule has 0 spiro atoms. The number of hydrogen-bond donors (Lipinski definition) is 1. The summed E-state index contributed by atoms with van der Waals surface area (Å²) >= 11 is 0. The molecule has 0 amide bonds. The van der Waals surface area contributed by atoms with Crippen LogP contribution in [0.4, 0.5) is 0 Å². The van der Waals surface area contributed by atoms with Crippen LogP contribution in [0.25, 0.3) is 0 Å². The van der Waals surface area contributed by atoms with E-state index in [4.69, 9.17) is 5.11 Å². The highest BCUT2D eigenvalue weighted by Gasteiger charge is 1.98. The molecule has 0 saturated carbocycles. The van der Waals surface area contributed by atoms with Crippen molar-refractivity contribution >= 4 is 0 Å². The third-order valence-corrected chi connectivity index (χ3v) is 1.87. The van der Waals surface area contributed by atoms with E-state index in [-0.39, 0.29) is 6.61 Å². The van der Waals surface area contributed by atoms with Crippen LogP contribution in [0.2, 0.25) is 0 Å². The molecule has 0 saturated heterocycles. The molecule has 68 valence electrons. The molecule has 0 bridgehead atoms. The molecule has 3 nitrogen and oxygen atoms in total. The predicted octanol–water partition coefficient (Wildman–Crippen LogP) is 0.542. The van der Waals surface area contributed by atoms with E-state index < -0.39 is 0 Å². The SMILES string of the molecule is CN(C)CCn1cccc1CO. The maximum absolute atomic E-state index is 8.94. The van der Waals surface area contributed by atoms with Crippen LogP contribution in [-0.2, 0) is 13.2 Å². The number of hydrogen-bond acceptors (Lipinski definition) is 2. The predicted molar refractivity (Wildman–Crippen MR) is 48.9 cm³/mol. The maximum Gasteiger partial charge on any atom is 0.0832 e. The van der Waals surface area contributed by atoms with Crippen molar-refractivity contribution in [3.63, 3.8) is 0 Å². The maximum atomic E-state index is 8.94. The van der Waals surface area contributed by atoms with Gasteiger partial charge in [0.1, 0.15) is 0 Å². The molecule has 0 aliphatic heterocycles. The Morgan fingerprint density at radius 2 is 2.25 bits per heavy atom. The number of rotatable bonds is 4. The molecule has 0 atom stereocenters. The van der Waals surface area contributed by atoms with Gasteiger partial charge in [-0.05, 0) is 26.2 Å². The molecule has 1 N–H and O–H groups in total. The average molecular weight is 168 g/mol. The monoisotopic (exact) mass is 168 g/mol. The van der Waals surface area contributed by atoms with Gasteiger partial charge in [0.15, 0.2) is 0 Å². The summed E-state index contributed by atoms with van der Waals surface area (Å²) in [7, 11) is 4.09. The third-order valence-electron chi connectivity index (χ3n) is 1.87. The first-order valence-electron chi connectivity index (χ1n) is 4.13. The lowest BCUT2D eigenvalue weighted by atomic mass is 10.4. The van der Waals surface area contributed by atoms with Gasteiger partial charge in [-0.1, -0.05) is 0 Å². The van der Waals surface area contributed by atoms with Gasteiger partial charge in [-0.3, -0.25) is 0 Å². The van der Waals surface area contributed by atoms with Gasteiger partial charge in [-0.15, -0.1) is 0 Å². The fraction of sp³-hybridized carbons (Fsp3) is 0.556. The van der Waals surface area contributed by atoms with Crippen LogP contribution < -0.4 is 0 Å². The van der Waals surface area contributed by atoms with Crippen LogP contribution in [-0.4, -0.2) is 35.2 Å². The summed E-state index contributed by atoms with van der Waals surface area (Å²) in [6, 6.07) is 3.90. The van der Waals surface area contributed by atoms with Crippen molar-refractivity contribution in [3.05, 3.63) is 24.0 Å². The Morgan fingerprint density at radius 3 is 2.83 bits per heavy atom. The van der Waals surface area contributed by atoms with Gasteiger partial charge in [-0.25, -0.2) is 0 Å². The molecular formula is C9H16N2O. The summed E-state index contributed by atoms with van der Waals surface area (Å²) in [6.07, 6.45) is 2.00. The largest absolute Gasteiger partial charge is 0.390 e. The molecule has 1 heterocycles. The minimum absolute atomic E-state index is 0.125. The minimum Gasteiger partial charge on any atom is -0.390 e. The van der Waals surface area contributed by atoms with Crippen molar-refractivity contribution in [3.8, 4) is 0 Å². The molecule has 1 aromatic heterocycles. The molecular weight excluding hydrogens is 152 g/mol. The summed E-state index contributed by atoms with van der Waals surface area (Å²) in [6.45, 7) is 2.07. The van der Waals surface area contributed by atoms with E-state index >= 15 is 0 Å². The van der Waals surface area contributed by atoms with Crippen molar-refractivity contribution in [2.24, 2.45) is 0 Å². The summed E-state index contributed by atoms with van der Waals surface area (Å²) in [5.41, 5.74) is 0.983. The molecule has 0 aromatic carbocycles. The van der Waals surface area contributed by atoms with Crippen LogP contribution in [0.3, 0.4) is 0 Å². The van der Waals surface area contributed by atoms with Gasteiger partial charge in [-0.2, -0.15) is 0 Å². The highest BCUT2D eigenvalue weighted by atomic mass is 16.3. The lowest BCUT2D eigenvalue weighted by Crippen LogP contribution is -2.18. The fourth-order valence-electron chi connectivity index (χ4n) is 1.12. The van der Waals surface area contributed by atoms with Crippen molar-refractivity contribution in [2.75, 3.05) is 20.6 Å². The minimum atomic E-state index is 0.125. The molecule has 1 rings (SSSR count). The molecule has 0 aliphatic rings. The number of aliphatic hydroxyl groups is 1. The van der Waals surface area contributed by atoms with Gasteiger partial charge >= 0.3 is 0 Å². The second-order valence-electron chi connectivity index (χ2n) is 3.15. The Morgan fingerprint density at radius 1 is 1.50 bits per heavy atom. The van der Waals surface area contributed by atoms with Crippen LogP contribution >= 0.6 is 0 Å².